The van der Waals surface area contributed by atoms with Crippen LogP contribution in [0.5, 0.6) is 11.5 Å². The number of hydrogen-bond acceptors (Lipinski definition) is 6. The van der Waals surface area contributed by atoms with Gasteiger partial charge < -0.3 is 9.47 Å². The van der Waals surface area contributed by atoms with Gasteiger partial charge in [-0.3, -0.25) is 0 Å². The summed E-state index contributed by atoms with van der Waals surface area (Å²) in [6, 6.07) is 31.2. The molecule has 0 saturated heterocycles. The van der Waals surface area contributed by atoms with Crippen LogP contribution in [-0.2, 0) is 10.0 Å². The predicted molar refractivity (Wildman–Crippen MR) is 163 cm³/mol. The highest BCUT2D eigenvalue weighted by Gasteiger charge is 2.40. The molecule has 5 aromatic rings. The third-order valence-electron chi connectivity index (χ3n) is 7.29. The highest BCUT2D eigenvalue weighted by Crippen LogP contribution is 2.42. The lowest BCUT2D eigenvalue weighted by molar-refractivity contribution is 0.372. The average molecular weight is 579 g/mol. The molecule has 0 aliphatic carbocycles. The topological polar surface area (TPSA) is 86.0 Å². The van der Waals surface area contributed by atoms with Crippen molar-refractivity contribution < 1.29 is 17.9 Å². The lowest BCUT2D eigenvalue weighted by Crippen LogP contribution is -2.27. The number of sulfonamides is 1. The first-order valence-electron chi connectivity index (χ1n) is 13.5. The molecule has 0 fully saturated rings. The number of hydrazone groups is 1. The van der Waals surface area contributed by atoms with Crippen LogP contribution >= 0.6 is 0 Å². The van der Waals surface area contributed by atoms with Crippen molar-refractivity contribution in [3.63, 3.8) is 0 Å². The van der Waals surface area contributed by atoms with Crippen LogP contribution in [0, 0.1) is 6.92 Å². The van der Waals surface area contributed by atoms with E-state index in [4.69, 9.17) is 19.7 Å². The summed E-state index contributed by atoms with van der Waals surface area (Å²) in [5.41, 5.74) is 5.46. The second-order valence-electron chi connectivity index (χ2n) is 10.0. The largest absolute Gasteiger partial charge is 0.497 e. The molecule has 4 aromatic carbocycles. The monoisotopic (exact) mass is 578 g/mol. The quantitative estimate of drug-likeness (QED) is 0.213. The maximum atomic E-state index is 14.2. The van der Waals surface area contributed by atoms with E-state index in [1.165, 1.54) is 4.41 Å². The van der Waals surface area contributed by atoms with E-state index in [2.05, 4.69) is 0 Å². The Morgan fingerprint density at radius 1 is 0.786 bits per heavy atom. The van der Waals surface area contributed by atoms with Crippen molar-refractivity contribution in [3.8, 4) is 28.4 Å². The Morgan fingerprint density at radius 3 is 2.02 bits per heavy atom. The first-order chi connectivity index (χ1) is 20.4. The van der Waals surface area contributed by atoms with E-state index in [-0.39, 0.29) is 4.90 Å². The van der Waals surface area contributed by atoms with E-state index in [0.717, 1.165) is 27.9 Å². The Labute approximate surface area is 245 Å². The minimum atomic E-state index is -4.03. The highest BCUT2D eigenvalue weighted by atomic mass is 32.2. The van der Waals surface area contributed by atoms with Crippen molar-refractivity contribution in [1.82, 2.24) is 14.2 Å². The first kappa shape index (κ1) is 27.3. The van der Waals surface area contributed by atoms with Gasteiger partial charge in [-0.15, -0.1) is 0 Å². The molecule has 1 aliphatic heterocycles. The molecule has 0 saturated carbocycles. The van der Waals surface area contributed by atoms with Gasteiger partial charge in [-0.25, -0.2) is 4.68 Å². The van der Waals surface area contributed by atoms with Crippen LogP contribution in [0.3, 0.4) is 0 Å². The fourth-order valence-corrected chi connectivity index (χ4v) is 6.50. The maximum Gasteiger partial charge on any atom is 0.279 e. The number of nitrogens with zero attached hydrogens (tertiary/aromatic N) is 4. The molecule has 1 aliphatic rings. The van der Waals surface area contributed by atoms with Crippen LogP contribution < -0.4 is 9.47 Å². The molecule has 0 radical (unpaired) electrons. The lowest BCUT2D eigenvalue weighted by Gasteiger charge is -2.23. The average Bonchev–Trinajstić information content (AvgIpc) is 3.68. The molecular weight excluding hydrogens is 548 g/mol. The van der Waals surface area contributed by atoms with Crippen molar-refractivity contribution in [2.45, 2.75) is 24.3 Å². The van der Waals surface area contributed by atoms with Gasteiger partial charge >= 0.3 is 0 Å². The maximum absolute atomic E-state index is 14.2. The van der Waals surface area contributed by atoms with Crippen molar-refractivity contribution in [1.29, 1.82) is 0 Å². The molecule has 0 amide bonds. The molecule has 1 aromatic heterocycles. The van der Waals surface area contributed by atoms with Crippen molar-refractivity contribution >= 4 is 15.7 Å². The normalized spacial score (nSPS) is 15.0. The summed E-state index contributed by atoms with van der Waals surface area (Å²) in [6.07, 6.45) is 2.23. The zero-order valence-corrected chi connectivity index (χ0v) is 24.3. The number of benzene rings is 4. The molecule has 212 valence electrons. The van der Waals surface area contributed by atoms with Gasteiger partial charge in [0.25, 0.3) is 10.0 Å². The van der Waals surface area contributed by atoms with Crippen LogP contribution in [0.4, 0.5) is 0 Å². The number of hydrogen-bond donors (Lipinski definition) is 0. The van der Waals surface area contributed by atoms with Gasteiger partial charge in [0.15, 0.2) is 0 Å². The van der Waals surface area contributed by atoms with Crippen LogP contribution in [0.1, 0.15) is 29.2 Å². The summed E-state index contributed by atoms with van der Waals surface area (Å²) >= 11 is 0. The number of ether oxygens (including phenoxy) is 2. The zero-order chi connectivity index (χ0) is 29.3. The molecule has 0 spiro atoms. The Morgan fingerprint density at radius 2 is 1.40 bits per heavy atom. The first-order valence-corrected chi connectivity index (χ1v) is 14.9. The van der Waals surface area contributed by atoms with E-state index in [1.54, 1.807) is 49.2 Å². The van der Waals surface area contributed by atoms with Crippen molar-refractivity contribution in [3.05, 3.63) is 126 Å². The highest BCUT2D eigenvalue weighted by molar-refractivity contribution is 7.89. The Balaban J connectivity index is 1.53. The number of aryl methyl sites for hydroxylation is 1. The van der Waals surface area contributed by atoms with Gasteiger partial charge in [-0.1, -0.05) is 66.2 Å². The number of aromatic nitrogens is 2. The van der Waals surface area contributed by atoms with Gasteiger partial charge in [0.1, 0.15) is 11.5 Å². The summed E-state index contributed by atoms with van der Waals surface area (Å²) in [7, 11) is -0.874. The molecule has 8 nitrogen and oxygen atoms in total. The van der Waals surface area contributed by atoms with Gasteiger partial charge in [-0.05, 0) is 43.3 Å². The molecule has 6 rings (SSSR count). The second-order valence-corrected chi connectivity index (χ2v) is 11.8. The molecule has 0 bridgehead atoms. The number of methoxy groups -OCH3 is 2. The smallest absolute Gasteiger partial charge is 0.279 e. The number of rotatable bonds is 8. The SMILES string of the molecule is COc1cc(OC)cc(C2=NN(S(=O)(=O)c3ccc(C)cc3)[C@H](c3cn(-c4ccccc4)nc3-c3ccccc3)C2)c1. The van der Waals surface area contributed by atoms with Gasteiger partial charge in [0.2, 0.25) is 0 Å². The molecule has 42 heavy (non-hydrogen) atoms. The van der Waals surface area contributed by atoms with E-state index in [1.807, 2.05) is 85.9 Å². The van der Waals surface area contributed by atoms with Crippen LogP contribution in [-0.4, -0.2) is 42.5 Å². The third-order valence-corrected chi connectivity index (χ3v) is 8.99. The molecule has 2 heterocycles. The van der Waals surface area contributed by atoms with Crippen LogP contribution in [0.15, 0.2) is 119 Å². The molecule has 0 unspecified atom stereocenters. The minimum Gasteiger partial charge on any atom is -0.497 e. The van der Waals surface area contributed by atoms with Gasteiger partial charge in [-0.2, -0.15) is 23.0 Å². The molecule has 0 N–H and O–H groups in total. The van der Waals surface area contributed by atoms with E-state index in [0.29, 0.717) is 29.3 Å². The molecule has 1 atom stereocenters. The summed E-state index contributed by atoms with van der Waals surface area (Å²) in [5.74, 6) is 1.18. The Bertz CT molecular complexity index is 1830. The van der Waals surface area contributed by atoms with Gasteiger partial charge in [0.05, 0.1) is 42.2 Å². The fourth-order valence-electron chi connectivity index (χ4n) is 5.07. The fraction of sp³-hybridized carbons (Fsp3) is 0.152. The van der Waals surface area contributed by atoms with Crippen LogP contribution in [0.25, 0.3) is 16.9 Å². The number of para-hydroxylation sites is 1. The summed E-state index contributed by atoms with van der Waals surface area (Å²) in [4.78, 5) is 0.169. The Hall–Kier alpha value is -4.89. The summed E-state index contributed by atoms with van der Waals surface area (Å²) < 4.78 is 42.4. The summed E-state index contributed by atoms with van der Waals surface area (Å²) in [5, 5.41) is 9.72. The Kier molecular flexibility index (Phi) is 7.26. The van der Waals surface area contributed by atoms with Crippen LogP contribution in [0.2, 0.25) is 0 Å². The third kappa shape index (κ3) is 5.14. The molecular formula is C33H30N4O4S. The van der Waals surface area contributed by atoms with Gasteiger partial charge in [0, 0.05) is 35.4 Å². The zero-order valence-electron chi connectivity index (χ0n) is 23.5. The van der Waals surface area contributed by atoms with E-state index < -0.39 is 16.1 Å². The molecule has 9 heteroatoms. The van der Waals surface area contributed by atoms with E-state index >= 15 is 0 Å². The predicted octanol–water partition coefficient (Wildman–Crippen LogP) is 6.40. The van der Waals surface area contributed by atoms with E-state index in [9.17, 15) is 8.42 Å². The van der Waals surface area contributed by atoms with Crippen molar-refractivity contribution in [2.24, 2.45) is 5.10 Å². The standard InChI is InChI=1S/C33H30N4O4S/c1-23-14-16-29(17-15-23)42(38,39)37-32(21-31(34-37)25-18-27(40-2)20-28(19-25)41-3)30-22-36(26-12-8-5-9-13-26)35-33(30)24-10-6-4-7-11-24/h4-20,22,32H,21H2,1-3H3/t32-/m0/s1. The minimum absolute atomic E-state index is 0.169. The second kappa shape index (κ2) is 11.2. The lowest BCUT2D eigenvalue weighted by atomic mass is 9.97. The summed E-state index contributed by atoms with van der Waals surface area (Å²) in [6.45, 7) is 1.92. The van der Waals surface area contributed by atoms with Crippen molar-refractivity contribution in [2.75, 3.05) is 14.2 Å².